The van der Waals surface area contributed by atoms with Gasteiger partial charge in [0.1, 0.15) is 22.5 Å². The average molecular weight is 534 g/mol. The first-order chi connectivity index (χ1) is 19.2. The third-order valence-electron chi connectivity index (χ3n) is 8.11. The second-order valence-corrected chi connectivity index (χ2v) is 11.7. The molecule has 0 aliphatic heterocycles. The zero-order chi connectivity index (χ0) is 27.5. The number of phenolic OH excluding ortho intramolecular Hbond substituents is 1. The lowest BCUT2D eigenvalue weighted by Gasteiger charge is -2.11. The van der Waals surface area contributed by atoms with Crippen molar-refractivity contribution in [1.29, 1.82) is 0 Å². The molecule has 0 bridgehead atoms. The fourth-order valence-corrected chi connectivity index (χ4v) is 5.71. The standard InChI is InChI=1S/C35H55N3O/c1-3-4-5-6-7-8-9-10-11-12-13-14-15-16-17-18-19-20-21-22-25-31-28-30(2)29-34(35(31)39)38-36-32-26-23-24-27-33(32)37-38/h23-24,26-29,39H,3-22,25H2,1-2H3. The van der Waals surface area contributed by atoms with Crippen LogP contribution in [0, 0.1) is 6.92 Å². The highest BCUT2D eigenvalue weighted by molar-refractivity contribution is 5.73. The van der Waals surface area contributed by atoms with Crippen LogP contribution in [0.4, 0.5) is 0 Å². The van der Waals surface area contributed by atoms with E-state index >= 15 is 0 Å². The molecule has 216 valence electrons. The maximum absolute atomic E-state index is 10.9. The van der Waals surface area contributed by atoms with E-state index in [-0.39, 0.29) is 0 Å². The Bertz CT molecular complexity index is 1020. The molecular weight excluding hydrogens is 478 g/mol. The topological polar surface area (TPSA) is 50.9 Å². The zero-order valence-electron chi connectivity index (χ0n) is 25.1. The van der Waals surface area contributed by atoms with Crippen LogP contribution in [0.5, 0.6) is 5.75 Å². The Balaban J connectivity index is 1.17. The van der Waals surface area contributed by atoms with Crippen molar-refractivity contribution in [2.75, 3.05) is 0 Å². The molecule has 0 saturated carbocycles. The van der Waals surface area contributed by atoms with Gasteiger partial charge in [-0.1, -0.05) is 147 Å². The normalized spacial score (nSPS) is 11.5. The lowest BCUT2D eigenvalue weighted by Crippen LogP contribution is -2.02. The van der Waals surface area contributed by atoms with Crippen molar-refractivity contribution in [3.05, 3.63) is 47.5 Å². The van der Waals surface area contributed by atoms with Crippen molar-refractivity contribution in [3.63, 3.8) is 0 Å². The number of fused-ring (bicyclic) bond motifs is 1. The Kier molecular flexibility index (Phi) is 15.1. The summed E-state index contributed by atoms with van der Waals surface area (Å²) in [6, 6.07) is 11.9. The zero-order valence-corrected chi connectivity index (χ0v) is 25.1. The van der Waals surface area contributed by atoms with E-state index in [2.05, 4.69) is 30.1 Å². The SMILES string of the molecule is CCCCCCCCCCCCCCCCCCCCCCc1cc(C)cc(-n2nc3ccccc3n2)c1O. The number of hydrogen-bond donors (Lipinski definition) is 1. The number of rotatable bonds is 22. The molecule has 1 N–H and O–H groups in total. The van der Waals surface area contributed by atoms with E-state index in [1.165, 1.54) is 122 Å². The largest absolute Gasteiger partial charge is 0.505 e. The number of phenols is 1. The molecule has 0 aliphatic carbocycles. The van der Waals surface area contributed by atoms with Crippen molar-refractivity contribution in [2.45, 2.75) is 149 Å². The van der Waals surface area contributed by atoms with Crippen molar-refractivity contribution in [2.24, 2.45) is 0 Å². The van der Waals surface area contributed by atoms with Gasteiger partial charge in [0.25, 0.3) is 0 Å². The second kappa shape index (κ2) is 18.8. The molecular formula is C35H55N3O. The predicted octanol–water partition coefficient (Wildman–Crippen LogP) is 10.8. The van der Waals surface area contributed by atoms with Crippen LogP contribution in [0.3, 0.4) is 0 Å². The van der Waals surface area contributed by atoms with Crippen LogP contribution in [0.2, 0.25) is 0 Å². The molecule has 0 aliphatic rings. The number of hydrogen-bond acceptors (Lipinski definition) is 3. The quantitative estimate of drug-likeness (QED) is 0.131. The summed E-state index contributed by atoms with van der Waals surface area (Å²) in [6.07, 6.45) is 28.8. The molecule has 0 unspecified atom stereocenters. The Morgan fingerprint density at radius 1 is 0.590 bits per heavy atom. The van der Waals surface area contributed by atoms with Gasteiger partial charge in [0.2, 0.25) is 0 Å². The van der Waals surface area contributed by atoms with Crippen LogP contribution >= 0.6 is 0 Å². The lowest BCUT2D eigenvalue weighted by atomic mass is 10.0. The smallest absolute Gasteiger partial charge is 0.146 e. The molecule has 39 heavy (non-hydrogen) atoms. The van der Waals surface area contributed by atoms with Gasteiger partial charge >= 0.3 is 0 Å². The van der Waals surface area contributed by atoms with Gasteiger partial charge in [-0.2, -0.15) is 0 Å². The molecule has 0 radical (unpaired) electrons. The van der Waals surface area contributed by atoms with Crippen LogP contribution in [0.1, 0.15) is 146 Å². The van der Waals surface area contributed by atoms with Crippen molar-refractivity contribution in [3.8, 4) is 11.4 Å². The molecule has 3 rings (SSSR count). The number of aromatic hydroxyl groups is 1. The van der Waals surface area contributed by atoms with Gasteiger partial charge in [-0.05, 0) is 49.1 Å². The minimum absolute atomic E-state index is 0.318. The minimum Gasteiger partial charge on any atom is -0.505 e. The highest BCUT2D eigenvalue weighted by atomic mass is 16.3. The highest BCUT2D eigenvalue weighted by Crippen LogP contribution is 2.29. The van der Waals surface area contributed by atoms with Gasteiger partial charge in [0, 0.05) is 0 Å². The number of nitrogens with zero attached hydrogens (tertiary/aromatic N) is 3. The molecule has 0 spiro atoms. The molecule has 0 amide bonds. The lowest BCUT2D eigenvalue weighted by molar-refractivity contribution is 0.458. The van der Waals surface area contributed by atoms with Crippen molar-refractivity contribution >= 4 is 11.0 Å². The summed E-state index contributed by atoms with van der Waals surface area (Å²) in [4.78, 5) is 1.58. The van der Waals surface area contributed by atoms with E-state index < -0.39 is 0 Å². The van der Waals surface area contributed by atoms with Crippen LogP contribution in [-0.2, 0) is 6.42 Å². The fourth-order valence-electron chi connectivity index (χ4n) is 5.71. The summed E-state index contributed by atoms with van der Waals surface area (Å²) < 4.78 is 0. The number of benzene rings is 2. The fraction of sp³-hybridized carbons (Fsp3) is 0.657. The van der Waals surface area contributed by atoms with Gasteiger partial charge in [-0.25, -0.2) is 0 Å². The maximum Gasteiger partial charge on any atom is 0.146 e. The number of aryl methyl sites for hydroxylation is 2. The molecule has 1 aromatic heterocycles. The monoisotopic (exact) mass is 533 g/mol. The summed E-state index contributed by atoms with van der Waals surface area (Å²) in [5.41, 5.74) is 4.50. The molecule has 4 heteroatoms. The summed E-state index contributed by atoms with van der Waals surface area (Å²) >= 11 is 0. The first-order valence-electron chi connectivity index (χ1n) is 16.3. The van der Waals surface area contributed by atoms with Gasteiger partial charge < -0.3 is 5.11 Å². The highest BCUT2D eigenvalue weighted by Gasteiger charge is 2.13. The van der Waals surface area contributed by atoms with Gasteiger partial charge in [-0.3, -0.25) is 0 Å². The van der Waals surface area contributed by atoms with Crippen LogP contribution in [-0.4, -0.2) is 20.1 Å². The Morgan fingerprint density at radius 3 is 1.44 bits per heavy atom. The Hall–Kier alpha value is -2.36. The maximum atomic E-state index is 10.9. The molecule has 0 atom stereocenters. The summed E-state index contributed by atoms with van der Waals surface area (Å²) in [5, 5.41) is 20.1. The Morgan fingerprint density at radius 2 is 1.00 bits per heavy atom. The molecule has 0 saturated heterocycles. The van der Waals surface area contributed by atoms with Gasteiger partial charge in [-0.15, -0.1) is 15.0 Å². The first-order valence-corrected chi connectivity index (χ1v) is 16.3. The predicted molar refractivity (Wildman–Crippen MR) is 167 cm³/mol. The van der Waals surface area contributed by atoms with Crippen molar-refractivity contribution in [1.82, 2.24) is 15.0 Å². The van der Waals surface area contributed by atoms with E-state index in [4.69, 9.17) is 0 Å². The molecule has 0 fully saturated rings. The van der Waals surface area contributed by atoms with E-state index in [1.54, 1.807) is 4.80 Å². The summed E-state index contributed by atoms with van der Waals surface area (Å²) in [5.74, 6) is 0.318. The van der Waals surface area contributed by atoms with E-state index in [1.807, 2.05) is 30.3 Å². The minimum atomic E-state index is 0.318. The number of unbranched alkanes of at least 4 members (excludes halogenated alkanes) is 19. The summed E-state index contributed by atoms with van der Waals surface area (Å²) in [6.45, 7) is 4.37. The third kappa shape index (κ3) is 11.7. The molecule has 4 nitrogen and oxygen atoms in total. The first kappa shape index (κ1) is 31.2. The molecule has 3 aromatic rings. The third-order valence-corrected chi connectivity index (χ3v) is 8.11. The van der Waals surface area contributed by atoms with E-state index in [9.17, 15) is 5.11 Å². The summed E-state index contributed by atoms with van der Waals surface area (Å²) in [7, 11) is 0. The average Bonchev–Trinajstić information content (AvgIpc) is 3.37. The molecule has 1 heterocycles. The van der Waals surface area contributed by atoms with Crippen LogP contribution in [0.15, 0.2) is 36.4 Å². The van der Waals surface area contributed by atoms with Crippen LogP contribution in [0.25, 0.3) is 16.7 Å². The number of aromatic nitrogens is 3. The van der Waals surface area contributed by atoms with Gasteiger partial charge in [0.15, 0.2) is 0 Å². The second-order valence-electron chi connectivity index (χ2n) is 11.7. The Labute approximate surface area is 238 Å². The van der Waals surface area contributed by atoms with E-state index in [0.717, 1.165) is 35.0 Å². The van der Waals surface area contributed by atoms with Crippen LogP contribution < -0.4 is 0 Å². The molecule has 2 aromatic carbocycles. The van der Waals surface area contributed by atoms with E-state index in [0.29, 0.717) is 11.4 Å². The van der Waals surface area contributed by atoms with Crippen molar-refractivity contribution < 1.29 is 5.11 Å². The van der Waals surface area contributed by atoms with Gasteiger partial charge in [0.05, 0.1) is 0 Å².